The van der Waals surface area contributed by atoms with Crippen LogP contribution < -0.4 is 4.90 Å². The maximum Gasteiger partial charge on any atom is 0.259 e. The van der Waals surface area contributed by atoms with Crippen molar-refractivity contribution < 1.29 is 9.59 Å². The van der Waals surface area contributed by atoms with Gasteiger partial charge in [0, 0.05) is 11.2 Å². The van der Waals surface area contributed by atoms with Gasteiger partial charge in [-0.05, 0) is 37.3 Å². The van der Waals surface area contributed by atoms with Crippen LogP contribution in [0.2, 0.25) is 5.02 Å². The molecule has 2 amide bonds. The van der Waals surface area contributed by atoms with E-state index in [-0.39, 0.29) is 18.2 Å². The summed E-state index contributed by atoms with van der Waals surface area (Å²) in [5.41, 5.74) is 1.35. The molecule has 1 atom stereocenters. The smallest absolute Gasteiger partial charge is 0.259 e. The Bertz CT molecular complexity index is 678. The molecule has 20 heavy (non-hydrogen) atoms. The highest BCUT2D eigenvalue weighted by molar-refractivity contribution is 6.30. The Morgan fingerprint density at radius 1 is 1.20 bits per heavy atom. The van der Waals surface area contributed by atoms with Crippen molar-refractivity contribution in [2.45, 2.75) is 19.4 Å². The van der Waals surface area contributed by atoms with Gasteiger partial charge in [0.1, 0.15) is 6.04 Å². The van der Waals surface area contributed by atoms with Gasteiger partial charge in [-0.2, -0.15) is 5.10 Å². The van der Waals surface area contributed by atoms with Crippen LogP contribution in [0.4, 0.5) is 5.69 Å². The highest BCUT2D eigenvalue weighted by Gasteiger charge is 2.41. The number of benzene rings is 1. The highest BCUT2D eigenvalue weighted by atomic mass is 35.5. The lowest BCUT2D eigenvalue weighted by Crippen LogP contribution is -2.31. The highest BCUT2D eigenvalue weighted by Crippen LogP contribution is 2.29. The topological polar surface area (TPSA) is 55.2 Å². The predicted molar refractivity (Wildman–Crippen MR) is 74.6 cm³/mol. The zero-order chi connectivity index (χ0) is 14.3. The van der Waals surface area contributed by atoms with Gasteiger partial charge in [-0.25, -0.2) is 4.90 Å². The Balaban J connectivity index is 1.92. The van der Waals surface area contributed by atoms with Gasteiger partial charge in [-0.3, -0.25) is 14.3 Å². The molecule has 0 bridgehead atoms. The number of rotatable bonds is 2. The first-order valence-corrected chi connectivity index (χ1v) is 6.58. The number of aromatic nitrogens is 2. The molecular weight excluding hydrogens is 278 g/mol. The fraction of sp³-hybridized carbons (Fsp3) is 0.214. The molecule has 0 saturated carbocycles. The standard InChI is InChI=1S/C14H12ClN3O2/c1-9-6-7-17(16-9)12-8-13(19)18(14(12)20)11-4-2-10(15)3-5-11/h2-7,12H,8H2,1H3. The molecule has 0 N–H and O–H groups in total. The van der Waals surface area contributed by atoms with Gasteiger partial charge in [-0.1, -0.05) is 11.6 Å². The Hall–Kier alpha value is -2.14. The average molecular weight is 290 g/mol. The number of aryl methyl sites for hydroxylation is 1. The van der Waals surface area contributed by atoms with E-state index in [2.05, 4.69) is 5.10 Å². The van der Waals surface area contributed by atoms with Gasteiger partial charge in [0.2, 0.25) is 5.91 Å². The SMILES string of the molecule is Cc1ccn(C2CC(=O)N(c3ccc(Cl)cc3)C2=O)n1. The molecule has 1 aromatic heterocycles. The van der Waals surface area contributed by atoms with Crippen LogP contribution in [-0.2, 0) is 9.59 Å². The first-order valence-electron chi connectivity index (χ1n) is 6.20. The number of carbonyl (C=O) groups excluding carboxylic acids is 2. The molecule has 1 aliphatic rings. The second kappa shape index (κ2) is 4.76. The lowest BCUT2D eigenvalue weighted by atomic mass is 10.2. The Morgan fingerprint density at radius 3 is 2.50 bits per heavy atom. The van der Waals surface area contributed by atoms with Gasteiger partial charge >= 0.3 is 0 Å². The van der Waals surface area contributed by atoms with E-state index in [0.29, 0.717) is 10.7 Å². The van der Waals surface area contributed by atoms with Crippen LogP contribution >= 0.6 is 11.6 Å². The monoisotopic (exact) mass is 289 g/mol. The number of halogens is 1. The van der Waals surface area contributed by atoms with E-state index in [1.807, 2.05) is 13.0 Å². The third-order valence-corrected chi connectivity index (χ3v) is 3.52. The number of amides is 2. The van der Waals surface area contributed by atoms with Crippen molar-refractivity contribution in [3.63, 3.8) is 0 Å². The van der Waals surface area contributed by atoms with Gasteiger partial charge in [-0.15, -0.1) is 0 Å². The number of hydrogen-bond donors (Lipinski definition) is 0. The third-order valence-electron chi connectivity index (χ3n) is 3.27. The summed E-state index contributed by atoms with van der Waals surface area (Å²) in [6.07, 6.45) is 1.85. The maximum atomic E-state index is 12.4. The summed E-state index contributed by atoms with van der Waals surface area (Å²) in [5.74, 6) is -0.490. The minimum atomic E-state index is -0.563. The molecule has 2 aromatic rings. The van der Waals surface area contributed by atoms with Crippen LogP contribution in [0.5, 0.6) is 0 Å². The van der Waals surface area contributed by atoms with Crippen molar-refractivity contribution in [1.82, 2.24) is 9.78 Å². The average Bonchev–Trinajstić information content (AvgIpc) is 2.95. The molecule has 102 valence electrons. The summed E-state index contributed by atoms with van der Waals surface area (Å²) in [6.45, 7) is 1.84. The van der Waals surface area contributed by atoms with Crippen molar-refractivity contribution in [2.75, 3.05) is 4.90 Å². The van der Waals surface area contributed by atoms with E-state index in [1.54, 1.807) is 35.1 Å². The lowest BCUT2D eigenvalue weighted by molar-refractivity contribution is -0.122. The van der Waals surface area contributed by atoms with Crippen LogP contribution in [-0.4, -0.2) is 21.6 Å². The zero-order valence-corrected chi connectivity index (χ0v) is 11.5. The van der Waals surface area contributed by atoms with Crippen molar-refractivity contribution in [2.24, 2.45) is 0 Å². The minimum absolute atomic E-state index is 0.128. The summed E-state index contributed by atoms with van der Waals surface area (Å²) < 4.78 is 1.55. The fourth-order valence-corrected chi connectivity index (χ4v) is 2.42. The van der Waals surface area contributed by atoms with Crippen LogP contribution in [0, 0.1) is 6.92 Å². The zero-order valence-electron chi connectivity index (χ0n) is 10.8. The maximum absolute atomic E-state index is 12.4. The Morgan fingerprint density at radius 2 is 1.90 bits per heavy atom. The molecule has 1 fully saturated rings. The number of hydrogen-bond acceptors (Lipinski definition) is 3. The van der Waals surface area contributed by atoms with Crippen molar-refractivity contribution >= 4 is 29.1 Å². The molecule has 0 spiro atoms. The molecule has 1 aromatic carbocycles. The molecule has 3 rings (SSSR count). The molecular formula is C14H12ClN3O2. The predicted octanol–water partition coefficient (Wildman–Crippen LogP) is 2.35. The molecule has 2 heterocycles. The molecule has 0 radical (unpaired) electrons. The van der Waals surface area contributed by atoms with Gasteiger partial charge in [0.05, 0.1) is 17.8 Å². The minimum Gasteiger partial charge on any atom is -0.274 e. The summed E-state index contributed by atoms with van der Waals surface area (Å²) in [6, 6.07) is 7.88. The number of imide groups is 1. The van der Waals surface area contributed by atoms with Gasteiger partial charge in [0.25, 0.3) is 5.91 Å². The Kier molecular flexibility index (Phi) is 3.06. The van der Waals surface area contributed by atoms with Crippen molar-refractivity contribution in [3.05, 3.63) is 47.2 Å². The van der Waals surface area contributed by atoms with Crippen LogP contribution in [0.25, 0.3) is 0 Å². The molecule has 6 heteroatoms. The molecule has 5 nitrogen and oxygen atoms in total. The van der Waals surface area contributed by atoms with E-state index in [4.69, 9.17) is 11.6 Å². The number of carbonyl (C=O) groups is 2. The first-order chi connectivity index (χ1) is 9.56. The molecule has 1 saturated heterocycles. The third kappa shape index (κ3) is 2.10. The van der Waals surface area contributed by atoms with E-state index >= 15 is 0 Å². The second-order valence-electron chi connectivity index (χ2n) is 4.70. The largest absolute Gasteiger partial charge is 0.274 e. The summed E-state index contributed by atoms with van der Waals surface area (Å²) in [7, 11) is 0. The lowest BCUT2D eigenvalue weighted by Gasteiger charge is -2.15. The number of anilines is 1. The summed E-state index contributed by atoms with van der Waals surface area (Å²) >= 11 is 5.82. The van der Waals surface area contributed by atoms with Crippen LogP contribution in [0.1, 0.15) is 18.2 Å². The second-order valence-corrected chi connectivity index (χ2v) is 5.14. The van der Waals surface area contributed by atoms with Crippen molar-refractivity contribution in [1.29, 1.82) is 0 Å². The van der Waals surface area contributed by atoms with Crippen LogP contribution in [0.15, 0.2) is 36.5 Å². The fourth-order valence-electron chi connectivity index (χ4n) is 2.29. The van der Waals surface area contributed by atoms with E-state index in [1.165, 1.54) is 4.90 Å². The normalized spacial score (nSPS) is 18.9. The number of nitrogens with zero attached hydrogens (tertiary/aromatic N) is 3. The van der Waals surface area contributed by atoms with Crippen molar-refractivity contribution in [3.8, 4) is 0 Å². The van der Waals surface area contributed by atoms with Gasteiger partial charge in [0.15, 0.2) is 0 Å². The van der Waals surface area contributed by atoms with E-state index < -0.39 is 6.04 Å². The molecule has 1 unspecified atom stereocenters. The Labute approximate surface area is 120 Å². The van der Waals surface area contributed by atoms with Gasteiger partial charge < -0.3 is 0 Å². The molecule has 1 aliphatic heterocycles. The van der Waals surface area contributed by atoms with Crippen LogP contribution in [0.3, 0.4) is 0 Å². The molecule has 0 aliphatic carbocycles. The summed E-state index contributed by atoms with van der Waals surface area (Å²) in [5, 5.41) is 4.78. The summed E-state index contributed by atoms with van der Waals surface area (Å²) in [4.78, 5) is 25.7. The first kappa shape index (κ1) is 12.9. The quantitative estimate of drug-likeness (QED) is 0.798. The van der Waals surface area contributed by atoms with E-state index in [9.17, 15) is 9.59 Å². The van der Waals surface area contributed by atoms with E-state index in [0.717, 1.165) is 5.69 Å².